The third-order valence-electron chi connectivity index (χ3n) is 7.03. The molecule has 1 amide bonds. The third-order valence-corrected chi connectivity index (χ3v) is 7.41. The number of nitrogens with zero attached hydrogens (tertiary/aromatic N) is 2. The number of hydrogen-bond donors (Lipinski definition) is 2. The van der Waals surface area contributed by atoms with E-state index < -0.39 is 0 Å². The van der Waals surface area contributed by atoms with Crippen LogP contribution in [0, 0.1) is 34.0 Å². The lowest BCUT2D eigenvalue weighted by atomic mass is 9.67. The summed E-state index contributed by atoms with van der Waals surface area (Å²) in [5.41, 5.74) is 1.23. The molecule has 0 bridgehead atoms. The Hall–Kier alpha value is -2.26. The van der Waals surface area contributed by atoms with Gasteiger partial charge in [-0.15, -0.1) is 0 Å². The van der Waals surface area contributed by atoms with Gasteiger partial charge in [0.1, 0.15) is 5.75 Å². The van der Waals surface area contributed by atoms with Gasteiger partial charge in [-0.25, -0.2) is 0 Å². The van der Waals surface area contributed by atoms with Crippen LogP contribution in [-0.2, 0) is 4.79 Å². The molecule has 0 aromatic heterocycles. The zero-order chi connectivity index (χ0) is 24.9. The summed E-state index contributed by atoms with van der Waals surface area (Å²) in [5.74, 6) is 0.584. The maximum absolute atomic E-state index is 13.6. The Morgan fingerprint density at radius 3 is 2.58 bits per heavy atom. The number of nitrogens with one attached hydrogen (secondary N) is 2. The number of anilines is 1. The van der Waals surface area contributed by atoms with Gasteiger partial charge >= 0.3 is 0 Å². The van der Waals surface area contributed by atoms with E-state index in [1.807, 2.05) is 31.7 Å². The van der Waals surface area contributed by atoms with E-state index in [1.54, 1.807) is 20.2 Å². The van der Waals surface area contributed by atoms with Crippen molar-refractivity contribution < 1.29 is 9.53 Å². The second-order valence-electron chi connectivity index (χ2n) is 9.82. The minimum atomic E-state index is -0.371. The van der Waals surface area contributed by atoms with E-state index in [4.69, 9.17) is 21.7 Å². The predicted octanol–water partition coefficient (Wildman–Crippen LogP) is 6.13. The van der Waals surface area contributed by atoms with Gasteiger partial charge < -0.3 is 20.4 Å². The Morgan fingerprint density at radius 2 is 2.06 bits per heavy atom. The van der Waals surface area contributed by atoms with Crippen molar-refractivity contribution in [3.63, 3.8) is 0 Å². The van der Waals surface area contributed by atoms with Crippen LogP contribution in [0.1, 0.15) is 72.3 Å². The number of carbonyl (C=O) groups excluding carboxylic acids is 1. The maximum Gasteiger partial charge on any atom is 0.223 e. The molecule has 1 aliphatic rings. The number of hydrogen-bond acceptors (Lipinski definition) is 5. The second-order valence-corrected chi connectivity index (χ2v) is 10.2. The molecule has 1 saturated carbocycles. The summed E-state index contributed by atoms with van der Waals surface area (Å²) in [6.45, 7) is 10.2. The van der Waals surface area contributed by atoms with Crippen molar-refractivity contribution in [2.75, 3.05) is 19.5 Å². The topological polar surface area (TPSA) is 89.2 Å². The van der Waals surface area contributed by atoms with Crippen LogP contribution in [0.25, 0.3) is 0 Å². The summed E-state index contributed by atoms with van der Waals surface area (Å²) >= 11 is 6.55. The molecule has 0 spiro atoms. The average molecular weight is 475 g/mol. The Balaban J connectivity index is 2.28. The van der Waals surface area contributed by atoms with E-state index in [0.29, 0.717) is 34.4 Å². The molecule has 33 heavy (non-hydrogen) atoms. The molecule has 1 aromatic carbocycles. The van der Waals surface area contributed by atoms with E-state index in [2.05, 4.69) is 25.2 Å². The molecule has 2 rings (SSSR count). The fourth-order valence-corrected chi connectivity index (χ4v) is 5.66. The zero-order valence-corrected chi connectivity index (χ0v) is 21.8. The van der Waals surface area contributed by atoms with Crippen molar-refractivity contribution in [3.05, 3.63) is 22.7 Å². The first-order valence-electron chi connectivity index (χ1n) is 11.9. The van der Waals surface area contributed by atoms with Gasteiger partial charge in [0.2, 0.25) is 5.91 Å². The van der Waals surface area contributed by atoms with Gasteiger partial charge in [0, 0.05) is 48.4 Å². The van der Waals surface area contributed by atoms with Crippen molar-refractivity contribution in [1.82, 2.24) is 4.90 Å². The van der Waals surface area contributed by atoms with E-state index >= 15 is 0 Å². The van der Waals surface area contributed by atoms with Crippen molar-refractivity contribution in [3.8, 4) is 11.8 Å². The standard InChI is InChI=1S/C26H39ClN4O2/c1-8-26(15-28)13-17(4)11-19(14-26)31(16(2)3)22(32)12-18(5)25(29)23-20(30-6)9-10-21(33-7)24(23)27/h9-10,16-19,29-30H,8,11-14H2,1-7H3. The Bertz CT molecular complexity index is 910. The molecule has 1 aromatic rings. The molecule has 4 unspecified atom stereocenters. The maximum atomic E-state index is 13.6. The molecular weight excluding hydrogens is 436 g/mol. The molecule has 0 saturated heterocycles. The Kier molecular flexibility index (Phi) is 9.20. The molecule has 2 N–H and O–H groups in total. The van der Waals surface area contributed by atoms with Crippen LogP contribution in [0.5, 0.6) is 5.75 Å². The van der Waals surface area contributed by atoms with Crippen LogP contribution >= 0.6 is 11.6 Å². The number of benzene rings is 1. The number of methoxy groups -OCH3 is 1. The molecule has 0 heterocycles. The quantitative estimate of drug-likeness (QED) is 0.421. The molecule has 1 aliphatic carbocycles. The van der Waals surface area contributed by atoms with Gasteiger partial charge in [-0.1, -0.05) is 32.4 Å². The van der Waals surface area contributed by atoms with Gasteiger partial charge in [0.15, 0.2) is 0 Å². The molecule has 182 valence electrons. The highest BCUT2D eigenvalue weighted by atomic mass is 35.5. The van der Waals surface area contributed by atoms with Gasteiger partial charge in [0.25, 0.3) is 0 Å². The minimum Gasteiger partial charge on any atom is -0.495 e. The van der Waals surface area contributed by atoms with Crippen LogP contribution in [0.2, 0.25) is 5.02 Å². The summed E-state index contributed by atoms with van der Waals surface area (Å²) in [4.78, 5) is 15.5. The number of carbonyl (C=O) groups is 1. The van der Waals surface area contributed by atoms with Crippen LogP contribution < -0.4 is 10.1 Å². The number of ether oxygens (including phenoxy) is 1. The van der Waals surface area contributed by atoms with Crippen LogP contribution in [0.15, 0.2) is 12.1 Å². The molecule has 7 heteroatoms. The number of halogens is 1. The lowest BCUT2D eigenvalue weighted by molar-refractivity contribution is -0.138. The van der Waals surface area contributed by atoms with Crippen LogP contribution in [0.3, 0.4) is 0 Å². The largest absolute Gasteiger partial charge is 0.495 e. The predicted molar refractivity (Wildman–Crippen MR) is 135 cm³/mol. The van der Waals surface area contributed by atoms with E-state index in [1.165, 1.54) is 0 Å². The highest BCUT2D eigenvalue weighted by molar-refractivity contribution is 6.36. The molecule has 4 atom stereocenters. The SMILES string of the molecule is CCC1(C#N)CC(C)CC(N(C(=O)CC(C)C(=N)c2c(NC)ccc(OC)c2Cl)C(C)C)C1. The monoisotopic (exact) mass is 474 g/mol. The van der Waals surface area contributed by atoms with Crippen molar-refractivity contribution in [2.45, 2.75) is 78.8 Å². The Labute approximate surface area is 204 Å². The zero-order valence-electron chi connectivity index (χ0n) is 21.1. The van der Waals surface area contributed by atoms with E-state index in [0.717, 1.165) is 24.9 Å². The molecular formula is C26H39ClN4O2. The normalized spacial score (nSPS) is 23.5. The lowest BCUT2D eigenvalue weighted by Crippen LogP contribution is -2.50. The first-order chi connectivity index (χ1) is 15.5. The summed E-state index contributed by atoms with van der Waals surface area (Å²) in [5, 5.41) is 22.2. The fraction of sp³-hybridized carbons (Fsp3) is 0.654. The van der Waals surface area contributed by atoms with Crippen molar-refractivity contribution >= 4 is 28.9 Å². The van der Waals surface area contributed by atoms with Crippen LogP contribution in [0.4, 0.5) is 5.69 Å². The number of rotatable bonds is 9. The summed E-state index contributed by atoms with van der Waals surface area (Å²) in [6, 6.07) is 6.22. The van der Waals surface area contributed by atoms with Gasteiger partial charge in [-0.05, 0) is 57.6 Å². The fourth-order valence-electron chi connectivity index (χ4n) is 5.32. The lowest BCUT2D eigenvalue weighted by Gasteiger charge is -2.45. The average Bonchev–Trinajstić information content (AvgIpc) is 2.77. The smallest absolute Gasteiger partial charge is 0.223 e. The first kappa shape index (κ1) is 27.0. The Morgan fingerprint density at radius 1 is 1.39 bits per heavy atom. The van der Waals surface area contributed by atoms with Gasteiger partial charge in [-0.2, -0.15) is 5.26 Å². The minimum absolute atomic E-state index is 0.0225. The van der Waals surface area contributed by atoms with Crippen molar-refractivity contribution in [2.24, 2.45) is 17.3 Å². The highest BCUT2D eigenvalue weighted by Crippen LogP contribution is 2.44. The number of nitriles is 1. The second kappa shape index (κ2) is 11.2. The van der Waals surface area contributed by atoms with Gasteiger partial charge in [0.05, 0.1) is 23.6 Å². The summed E-state index contributed by atoms with van der Waals surface area (Å²) < 4.78 is 5.34. The molecule has 1 fully saturated rings. The molecule has 6 nitrogen and oxygen atoms in total. The van der Waals surface area contributed by atoms with E-state index in [9.17, 15) is 10.1 Å². The van der Waals surface area contributed by atoms with E-state index in [-0.39, 0.29) is 35.7 Å². The summed E-state index contributed by atoms with van der Waals surface area (Å²) in [6.07, 6.45) is 3.52. The first-order valence-corrected chi connectivity index (χ1v) is 12.3. The van der Waals surface area contributed by atoms with Gasteiger partial charge in [-0.3, -0.25) is 4.79 Å². The number of amides is 1. The molecule has 0 aliphatic heterocycles. The molecule has 0 radical (unpaired) electrons. The highest BCUT2D eigenvalue weighted by Gasteiger charge is 2.42. The van der Waals surface area contributed by atoms with Crippen molar-refractivity contribution in [1.29, 1.82) is 10.7 Å². The summed E-state index contributed by atoms with van der Waals surface area (Å²) in [7, 11) is 3.33. The van der Waals surface area contributed by atoms with Crippen LogP contribution in [-0.4, -0.2) is 42.8 Å². The third kappa shape index (κ3) is 5.81.